The lowest BCUT2D eigenvalue weighted by Gasteiger charge is -2.23. The van der Waals surface area contributed by atoms with E-state index >= 15 is 0 Å². The van der Waals surface area contributed by atoms with Crippen LogP contribution in [0.1, 0.15) is 19.4 Å². The van der Waals surface area contributed by atoms with Crippen molar-refractivity contribution in [3.05, 3.63) is 70.0 Å². The maximum absolute atomic E-state index is 5.59. The zero-order valence-electron chi connectivity index (χ0n) is 19.3. The number of nitrogens with zero attached hydrogens (tertiary/aromatic N) is 4. The largest absolute Gasteiger partial charge is 0.497 e. The number of methoxy groups -OCH3 is 2. The molecule has 7 heteroatoms. The SMILES string of the molecule is CN=c1scc(-c2cc(OC)ccc2OC)n1N=CC=C1N(C)c2ccccc2C1(C)C. The van der Waals surface area contributed by atoms with Crippen molar-refractivity contribution in [1.82, 2.24) is 4.68 Å². The van der Waals surface area contributed by atoms with E-state index in [0.717, 1.165) is 27.6 Å². The van der Waals surface area contributed by atoms with Gasteiger partial charge in [0.15, 0.2) is 0 Å². The first-order valence-electron chi connectivity index (χ1n) is 10.4. The number of allylic oxidation sites excluding steroid dienone is 2. The maximum atomic E-state index is 5.59. The highest BCUT2D eigenvalue weighted by Crippen LogP contribution is 2.46. The van der Waals surface area contributed by atoms with Gasteiger partial charge in [0.2, 0.25) is 4.80 Å². The topological polar surface area (TPSA) is 51.4 Å². The molecule has 0 N–H and O–H groups in total. The molecule has 0 amide bonds. The van der Waals surface area contributed by atoms with Crippen LogP contribution < -0.4 is 19.2 Å². The summed E-state index contributed by atoms with van der Waals surface area (Å²) in [5.41, 5.74) is 5.42. The first-order chi connectivity index (χ1) is 15.4. The second kappa shape index (κ2) is 8.67. The third-order valence-corrected chi connectivity index (χ3v) is 6.82. The first kappa shape index (κ1) is 21.9. The molecule has 2 aromatic carbocycles. The van der Waals surface area contributed by atoms with Crippen LogP contribution in [0.25, 0.3) is 11.3 Å². The summed E-state index contributed by atoms with van der Waals surface area (Å²) in [7, 11) is 7.19. The maximum Gasteiger partial charge on any atom is 0.205 e. The van der Waals surface area contributed by atoms with Gasteiger partial charge in [0.1, 0.15) is 11.5 Å². The van der Waals surface area contributed by atoms with Crippen LogP contribution in [-0.2, 0) is 5.41 Å². The summed E-state index contributed by atoms with van der Waals surface area (Å²) in [6.07, 6.45) is 3.92. The van der Waals surface area contributed by atoms with E-state index in [9.17, 15) is 0 Å². The Morgan fingerprint density at radius 2 is 1.84 bits per heavy atom. The quantitative estimate of drug-likeness (QED) is 0.521. The lowest BCUT2D eigenvalue weighted by molar-refractivity contribution is 0.404. The van der Waals surface area contributed by atoms with Crippen molar-refractivity contribution in [3.63, 3.8) is 0 Å². The molecule has 0 unspecified atom stereocenters. The third-order valence-electron chi connectivity index (χ3n) is 5.91. The van der Waals surface area contributed by atoms with Gasteiger partial charge in [-0.1, -0.05) is 32.0 Å². The highest BCUT2D eigenvalue weighted by atomic mass is 32.1. The van der Waals surface area contributed by atoms with Crippen molar-refractivity contribution >= 4 is 23.2 Å². The molecular formula is C25H28N4O2S. The fraction of sp³-hybridized carbons (Fsp3) is 0.280. The summed E-state index contributed by atoms with van der Waals surface area (Å²) in [6, 6.07) is 14.3. The Bertz CT molecular complexity index is 1270. The Labute approximate surface area is 192 Å². The van der Waals surface area contributed by atoms with Crippen LogP contribution in [-0.4, -0.2) is 39.2 Å². The molecule has 0 radical (unpaired) electrons. The van der Waals surface area contributed by atoms with Gasteiger partial charge in [0.25, 0.3) is 0 Å². The number of hydrogen-bond acceptors (Lipinski definition) is 6. The van der Waals surface area contributed by atoms with E-state index in [1.807, 2.05) is 34.5 Å². The van der Waals surface area contributed by atoms with Crippen LogP contribution in [0.15, 0.2) is 69.7 Å². The Morgan fingerprint density at radius 1 is 1.06 bits per heavy atom. The number of ether oxygens (including phenoxy) is 2. The molecule has 6 nitrogen and oxygen atoms in total. The average Bonchev–Trinajstić information content (AvgIpc) is 3.30. The molecular weight excluding hydrogens is 420 g/mol. The molecule has 1 aliphatic heterocycles. The Kier molecular flexibility index (Phi) is 5.93. The smallest absolute Gasteiger partial charge is 0.205 e. The summed E-state index contributed by atoms with van der Waals surface area (Å²) in [6.45, 7) is 4.48. The van der Waals surface area contributed by atoms with Crippen molar-refractivity contribution < 1.29 is 9.47 Å². The number of fused-ring (bicyclic) bond motifs is 1. The molecule has 166 valence electrons. The first-order valence-corrected chi connectivity index (χ1v) is 11.2. The fourth-order valence-corrected chi connectivity index (χ4v) is 5.03. The zero-order chi connectivity index (χ0) is 22.9. The summed E-state index contributed by atoms with van der Waals surface area (Å²) in [5, 5.41) is 6.81. The van der Waals surface area contributed by atoms with Crippen molar-refractivity contribution in [1.29, 1.82) is 0 Å². The minimum Gasteiger partial charge on any atom is -0.497 e. The van der Waals surface area contributed by atoms with E-state index in [1.54, 1.807) is 21.3 Å². The second-order valence-electron chi connectivity index (χ2n) is 8.02. The molecule has 0 spiro atoms. The van der Waals surface area contributed by atoms with Gasteiger partial charge in [-0.2, -0.15) is 5.10 Å². The number of thiazole rings is 1. The number of para-hydroxylation sites is 1. The van der Waals surface area contributed by atoms with Gasteiger partial charge in [0.05, 0.1) is 19.9 Å². The average molecular weight is 449 g/mol. The van der Waals surface area contributed by atoms with Crippen LogP contribution in [0.2, 0.25) is 0 Å². The molecule has 1 aromatic heterocycles. The highest BCUT2D eigenvalue weighted by Gasteiger charge is 2.37. The normalized spacial score (nSPS) is 16.8. The molecule has 0 fully saturated rings. The number of benzene rings is 2. The highest BCUT2D eigenvalue weighted by molar-refractivity contribution is 7.07. The molecule has 0 atom stereocenters. The van der Waals surface area contributed by atoms with Crippen LogP contribution in [0, 0.1) is 0 Å². The van der Waals surface area contributed by atoms with Gasteiger partial charge in [-0.25, -0.2) is 4.68 Å². The Morgan fingerprint density at radius 3 is 2.53 bits per heavy atom. The molecule has 0 saturated heterocycles. The number of hydrogen-bond donors (Lipinski definition) is 0. The molecule has 4 rings (SSSR count). The lowest BCUT2D eigenvalue weighted by Crippen LogP contribution is -2.23. The predicted octanol–water partition coefficient (Wildman–Crippen LogP) is 4.91. The van der Waals surface area contributed by atoms with E-state index in [2.05, 4.69) is 61.1 Å². The second-order valence-corrected chi connectivity index (χ2v) is 8.86. The third kappa shape index (κ3) is 3.62. The number of anilines is 1. The molecule has 3 aromatic rings. The van der Waals surface area contributed by atoms with Crippen molar-refractivity contribution in [2.24, 2.45) is 10.1 Å². The minimum atomic E-state index is -0.104. The van der Waals surface area contributed by atoms with Gasteiger partial charge in [-0.3, -0.25) is 4.99 Å². The van der Waals surface area contributed by atoms with Crippen molar-refractivity contribution in [2.75, 3.05) is 33.2 Å². The van der Waals surface area contributed by atoms with Crippen LogP contribution >= 0.6 is 11.3 Å². The van der Waals surface area contributed by atoms with E-state index in [1.165, 1.54) is 28.3 Å². The summed E-state index contributed by atoms with van der Waals surface area (Å²) < 4.78 is 12.9. The summed E-state index contributed by atoms with van der Waals surface area (Å²) >= 11 is 1.53. The summed E-state index contributed by atoms with van der Waals surface area (Å²) in [4.78, 5) is 7.43. The molecule has 2 heterocycles. The lowest BCUT2D eigenvalue weighted by atomic mass is 9.84. The van der Waals surface area contributed by atoms with Gasteiger partial charge in [-0.15, -0.1) is 11.3 Å². The standard InChI is InChI=1S/C25H28N4O2S/c1-25(2)19-9-7-8-10-20(19)28(4)23(25)13-14-27-29-21(16-32-24(29)26-3)18-15-17(30-5)11-12-22(18)31-6/h7-16H,1-6H3. The van der Waals surface area contributed by atoms with Crippen molar-refractivity contribution in [2.45, 2.75) is 19.3 Å². The fourth-order valence-electron chi connectivity index (χ4n) is 4.23. The molecule has 0 bridgehead atoms. The number of aromatic nitrogens is 1. The Balaban J connectivity index is 1.77. The van der Waals surface area contributed by atoms with E-state index in [0.29, 0.717) is 0 Å². The molecule has 1 aliphatic rings. The number of rotatable bonds is 5. The Hall–Kier alpha value is -3.32. The van der Waals surface area contributed by atoms with Crippen molar-refractivity contribution in [3.8, 4) is 22.8 Å². The van der Waals surface area contributed by atoms with Gasteiger partial charge in [0, 0.05) is 48.1 Å². The van der Waals surface area contributed by atoms with Gasteiger partial charge in [-0.05, 0) is 35.9 Å². The predicted molar refractivity (Wildman–Crippen MR) is 132 cm³/mol. The van der Waals surface area contributed by atoms with Crippen LogP contribution in [0.3, 0.4) is 0 Å². The monoisotopic (exact) mass is 448 g/mol. The zero-order valence-corrected chi connectivity index (χ0v) is 20.1. The molecule has 32 heavy (non-hydrogen) atoms. The van der Waals surface area contributed by atoms with E-state index in [4.69, 9.17) is 14.6 Å². The summed E-state index contributed by atoms with van der Waals surface area (Å²) in [5.74, 6) is 1.51. The minimum absolute atomic E-state index is 0.104. The molecule has 0 aliphatic carbocycles. The van der Waals surface area contributed by atoms with Crippen LogP contribution in [0.5, 0.6) is 11.5 Å². The van der Waals surface area contributed by atoms with E-state index in [-0.39, 0.29) is 5.41 Å². The van der Waals surface area contributed by atoms with E-state index < -0.39 is 0 Å². The van der Waals surface area contributed by atoms with Crippen LogP contribution in [0.4, 0.5) is 5.69 Å². The molecule has 0 saturated carbocycles. The van der Waals surface area contributed by atoms with Gasteiger partial charge < -0.3 is 14.4 Å². The van der Waals surface area contributed by atoms with Gasteiger partial charge >= 0.3 is 0 Å². The number of likely N-dealkylation sites (N-methyl/N-ethyl adjacent to an activating group) is 1.